The maximum atomic E-state index is 4.48. The minimum atomic E-state index is 0.782. The standard InChI is InChI=1S/C9H12N6S/c1-3-15(4-2-10-1)9-12-8(13-14-9)7-5-11-6-16-7/h5-6,10H,1-4H2,(H,12,13,14). The lowest BCUT2D eigenvalue weighted by atomic mass is 10.4. The zero-order valence-electron chi connectivity index (χ0n) is 8.68. The number of hydrogen-bond acceptors (Lipinski definition) is 6. The van der Waals surface area contributed by atoms with Gasteiger partial charge < -0.3 is 10.2 Å². The Kier molecular flexibility index (Phi) is 2.55. The van der Waals surface area contributed by atoms with Crippen LogP contribution >= 0.6 is 11.3 Å². The van der Waals surface area contributed by atoms with Crippen molar-refractivity contribution in [1.82, 2.24) is 25.5 Å². The molecule has 3 rings (SSSR count). The number of nitrogens with zero attached hydrogens (tertiary/aromatic N) is 4. The van der Waals surface area contributed by atoms with E-state index in [4.69, 9.17) is 0 Å². The van der Waals surface area contributed by atoms with Gasteiger partial charge in [-0.25, -0.2) is 0 Å². The van der Waals surface area contributed by atoms with E-state index in [2.05, 4.69) is 30.4 Å². The van der Waals surface area contributed by atoms with Crippen molar-refractivity contribution >= 4 is 17.3 Å². The third-order valence-electron chi connectivity index (χ3n) is 2.54. The quantitative estimate of drug-likeness (QED) is 0.787. The van der Waals surface area contributed by atoms with E-state index in [1.165, 1.54) is 0 Å². The van der Waals surface area contributed by atoms with Gasteiger partial charge in [-0.3, -0.25) is 10.1 Å². The molecule has 1 aliphatic rings. The van der Waals surface area contributed by atoms with Gasteiger partial charge in [0.05, 0.1) is 10.4 Å². The maximum Gasteiger partial charge on any atom is 0.245 e. The normalized spacial score (nSPS) is 16.6. The molecule has 16 heavy (non-hydrogen) atoms. The molecule has 84 valence electrons. The Bertz CT molecular complexity index is 444. The molecule has 1 aliphatic heterocycles. The largest absolute Gasteiger partial charge is 0.337 e. The second-order valence-corrected chi connectivity index (χ2v) is 4.47. The van der Waals surface area contributed by atoms with Crippen LogP contribution in [0.1, 0.15) is 0 Å². The molecule has 0 aromatic carbocycles. The molecule has 2 aromatic rings. The first-order valence-electron chi connectivity index (χ1n) is 5.20. The van der Waals surface area contributed by atoms with Gasteiger partial charge in [0.1, 0.15) is 0 Å². The van der Waals surface area contributed by atoms with E-state index in [0.717, 1.165) is 42.8 Å². The average molecular weight is 236 g/mol. The fourth-order valence-corrected chi connectivity index (χ4v) is 2.26. The lowest BCUT2D eigenvalue weighted by Crippen LogP contribution is -2.44. The molecule has 0 bridgehead atoms. The van der Waals surface area contributed by atoms with Crippen molar-refractivity contribution in [3.8, 4) is 10.7 Å². The van der Waals surface area contributed by atoms with Crippen LogP contribution in [0.25, 0.3) is 10.7 Å². The number of anilines is 1. The second-order valence-electron chi connectivity index (χ2n) is 3.59. The molecular formula is C9H12N6S. The van der Waals surface area contributed by atoms with Crippen molar-refractivity contribution in [2.45, 2.75) is 0 Å². The van der Waals surface area contributed by atoms with Crippen LogP contribution in [0.2, 0.25) is 0 Å². The predicted molar refractivity (Wildman–Crippen MR) is 62.6 cm³/mol. The zero-order chi connectivity index (χ0) is 10.8. The van der Waals surface area contributed by atoms with E-state index in [1.54, 1.807) is 23.0 Å². The fourth-order valence-electron chi connectivity index (χ4n) is 1.70. The highest BCUT2D eigenvalue weighted by molar-refractivity contribution is 7.13. The van der Waals surface area contributed by atoms with Gasteiger partial charge in [-0.1, -0.05) is 0 Å². The minimum absolute atomic E-state index is 0.782. The number of rotatable bonds is 2. The smallest absolute Gasteiger partial charge is 0.245 e. The van der Waals surface area contributed by atoms with Gasteiger partial charge in [0.2, 0.25) is 5.95 Å². The summed E-state index contributed by atoms with van der Waals surface area (Å²) in [5.74, 6) is 1.58. The third kappa shape index (κ3) is 1.79. The molecule has 7 heteroatoms. The number of aromatic nitrogens is 4. The molecule has 0 amide bonds. The van der Waals surface area contributed by atoms with Crippen LogP contribution in [-0.2, 0) is 0 Å². The molecule has 1 saturated heterocycles. The topological polar surface area (TPSA) is 69.7 Å². The Morgan fingerprint density at radius 2 is 2.19 bits per heavy atom. The van der Waals surface area contributed by atoms with E-state index in [9.17, 15) is 0 Å². The Labute approximate surface area is 96.7 Å². The summed E-state index contributed by atoms with van der Waals surface area (Å²) in [6, 6.07) is 0. The Hall–Kier alpha value is -1.47. The molecular weight excluding hydrogens is 224 g/mol. The van der Waals surface area contributed by atoms with Crippen molar-refractivity contribution < 1.29 is 0 Å². The molecule has 0 radical (unpaired) electrons. The van der Waals surface area contributed by atoms with Crippen LogP contribution < -0.4 is 10.2 Å². The fraction of sp³-hybridized carbons (Fsp3) is 0.444. The van der Waals surface area contributed by atoms with Crippen LogP contribution in [0.3, 0.4) is 0 Å². The molecule has 0 aliphatic carbocycles. The highest BCUT2D eigenvalue weighted by Crippen LogP contribution is 2.20. The highest BCUT2D eigenvalue weighted by Gasteiger charge is 2.15. The Morgan fingerprint density at radius 3 is 2.94 bits per heavy atom. The molecule has 2 aromatic heterocycles. The lowest BCUT2D eigenvalue weighted by Gasteiger charge is -2.25. The van der Waals surface area contributed by atoms with Crippen LogP contribution in [0.15, 0.2) is 11.7 Å². The summed E-state index contributed by atoms with van der Waals surface area (Å²) in [6.07, 6.45) is 1.80. The monoisotopic (exact) mass is 236 g/mol. The van der Waals surface area contributed by atoms with Crippen molar-refractivity contribution in [2.24, 2.45) is 0 Å². The second kappa shape index (κ2) is 4.18. The SMILES string of the molecule is c1ncc(-c2nc(N3CCNCC3)n[nH]2)s1. The number of hydrogen-bond donors (Lipinski definition) is 2. The van der Waals surface area contributed by atoms with Gasteiger partial charge in [0, 0.05) is 32.4 Å². The van der Waals surface area contributed by atoms with Gasteiger partial charge in [0.25, 0.3) is 0 Å². The molecule has 0 unspecified atom stereocenters. The van der Waals surface area contributed by atoms with Gasteiger partial charge in [-0.15, -0.1) is 16.4 Å². The van der Waals surface area contributed by atoms with Gasteiger partial charge >= 0.3 is 0 Å². The van der Waals surface area contributed by atoms with E-state index in [1.807, 2.05) is 0 Å². The summed E-state index contributed by atoms with van der Waals surface area (Å²) < 4.78 is 0. The average Bonchev–Trinajstić information content (AvgIpc) is 3.01. The number of piperazine rings is 1. The van der Waals surface area contributed by atoms with Gasteiger partial charge in [0.15, 0.2) is 5.82 Å². The van der Waals surface area contributed by atoms with Crippen molar-refractivity contribution in [2.75, 3.05) is 31.1 Å². The summed E-state index contributed by atoms with van der Waals surface area (Å²) >= 11 is 1.56. The molecule has 0 saturated carbocycles. The molecule has 3 heterocycles. The van der Waals surface area contributed by atoms with Crippen LogP contribution in [-0.4, -0.2) is 46.3 Å². The van der Waals surface area contributed by atoms with E-state index in [0.29, 0.717) is 0 Å². The van der Waals surface area contributed by atoms with E-state index < -0.39 is 0 Å². The van der Waals surface area contributed by atoms with Gasteiger partial charge in [-0.2, -0.15) is 4.98 Å². The van der Waals surface area contributed by atoms with Crippen molar-refractivity contribution in [1.29, 1.82) is 0 Å². The molecule has 1 fully saturated rings. The predicted octanol–water partition coefficient (Wildman–Crippen LogP) is 0.338. The Balaban J connectivity index is 1.82. The van der Waals surface area contributed by atoms with E-state index in [-0.39, 0.29) is 0 Å². The molecule has 2 N–H and O–H groups in total. The molecule has 0 atom stereocenters. The summed E-state index contributed by atoms with van der Waals surface area (Å²) in [7, 11) is 0. The maximum absolute atomic E-state index is 4.48. The molecule has 6 nitrogen and oxygen atoms in total. The summed E-state index contributed by atoms with van der Waals surface area (Å²) in [4.78, 5) is 11.7. The van der Waals surface area contributed by atoms with E-state index >= 15 is 0 Å². The van der Waals surface area contributed by atoms with Crippen LogP contribution in [0.4, 0.5) is 5.95 Å². The minimum Gasteiger partial charge on any atom is -0.337 e. The van der Waals surface area contributed by atoms with Gasteiger partial charge in [-0.05, 0) is 0 Å². The third-order valence-corrected chi connectivity index (χ3v) is 3.32. The van der Waals surface area contributed by atoms with Crippen LogP contribution in [0, 0.1) is 0 Å². The highest BCUT2D eigenvalue weighted by atomic mass is 32.1. The van der Waals surface area contributed by atoms with Crippen molar-refractivity contribution in [3.05, 3.63) is 11.7 Å². The van der Waals surface area contributed by atoms with Crippen molar-refractivity contribution in [3.63, 3.8) is 0 Å². The molecule has 0 spiro atoms. The number of aromatic amines is 1. The first-order chi connectivity index (χ1) is 7.93. The lowest BCUT2D eigenvalue weighted by molar-refractivity contribution is 0.580. The summed E-state index contributed by atoms with van der Waals surface area (Å²) in [5.41, 5.74) is 1.79. The summed E-state index contributed by atoms with van der Waals surface area (Å²) in [5, 5.41) is 10.5. The first kappa shape index (κ1) is 9.73. The summed E-state index contributed by atoms with van der Waals surface area (Å²) in [6.45, 7) is 3.90. The first-order valence-corrected chi connectivity index (χ1v) is 6.08. The number of nitrogens with one attached hydrogen (secondary N) is 2. The number of thiazole rings is 1. The number of H-pyrrole nitrogens is 1. The zero-order valence-corrected chi connectivity index (χ0v) is 9.50. The Morgan fingerprint density at radius 1 is 1.31 bits per heavy atom. The van der Waals surface area contributed by atoms with Crippen LogP contribution in [0.5, 0.6) is 0 Å².